The van der Waals surface area contributed by atoms with E-state index in [1.54, 1.807) is 0 Å². The molecule has 0 atom stereocenters. The highest BCUT2D eigenvalue weighted by Crippen LogP contribution is 2.21. The smallest absolute Gasteiger partial charge is 0.0666 e. The third-order valence-corrected chi connectivity index (χ3v) is 2.63. The molecule has 0 N–H and O–H groups in total. The fourth-order valence-corrected chi connectivity index (χ4v) is 1.86. The van der Waals surface area contributed by atoms with E-state index in [1.165, 1.54) is 22.3 Å². The summed E-state index contributed by atoms with van der Waals surface area (Å²) in [5.41, 5.74) is 5.06. The summed E-state index contributed by atoms with van der Waals surface area (Å²) in [6.45, 7) is 2.10. The summed E-state index contributed by atoms with van der Waals surface area (Å²) >= 11 is 0. The number of rotatable bonds is 1. The highest BCUT2D eigenvalue weighted by Gasteiger charge is 2.06. The van der Waals surface area contributed by atoms with Gasteiger partial charge in [-0.25, -0.2) is 0 Å². The van der Waals surface area contributed by atoms with Crippen molar-refractivity contribution in [2.24, 2.45) is 0 Å². The van der Waals surface area contributed by atoms with Crippen LogP contribution in [0.1, 0.15) is 23.1 Å². The molecular weight excluding hydrogens is 182 g/mol. The molecule has 2 rings (SSSR count). The van der Waals surface area contributed by atoms with Gasteiger partial charge in [-0.1, -0.05) is 47.6 Å². The lowest BCUT2D eigenvalue weighted by Crippen LogP contribution is -1.92. The van der Waals surface area contributed by atoms with Crippen LogP contribution in [0.15, 0.2) is 35.9 Å². The minimum atomic E-state index is 0.526. The summed E-state index contributed by atoms with van der Waals surface area (Å²) in [5.74, 6) is 0. The van der Waals surface area contributed by atoms with Crippen LogP contribution >= 0.6 is 0 Å². The Bertz CT molecular complexity index is 473. The molecule has 0 saturated carbocycles. The number of hydrogen-bond donors (Lipinski definition) is 0. The maximum atomic E-state index is 8.70. The first-order valence-corrected chi connectivity index (χ1v) is 5.12. The topological polar surface area (TPSA) is 23.8 Å². The Kier molecular flexibility index (Phi) is 2.69. The maximum absolute atomic E-state index is 8.70. The van der Waals surface area contributed by atoms with E-state index in [1.807, 2.05) is 6.08 Å². The van der Waals surface area contributed by atoms with Gasteiger partial charge in [0.25, 0.3) is 0 Å². The van der Waals surface area contributed by atoms with Gasteiger partial charge >= 0.3 is 0 Å². The van der Waals surface area contributed by atoms with Crippen LogP contribution in [-0.2, 0) is 6.42 Å². The van der Waals surface area contributed by atoms with Crippen molar-refractivity contribution >= 4 is 6.08 Å². The SMILES string of the molecule is Cc1ccc2c(c1)CC(CC#N)=CC=C2. The molecule has 0 saturated heterocycles. The van der Waals surface area contributed by atoms with Gasteiger partial charge in [-0.2, -0.15) is 5.26 Å². The zero-order valence-corrected chi connectivity index (χ0v) is 8.83. The van der Waals surface area contributed by atoms with Crippen molar-refractivity contribution in [2.45, 2.75) is 19.8 Å². The number of nitrogens with zero attached hydrogens (tertiary/aromatic N) is 1. The molecule has 0 heterocycles. The Morgan fingerprint density at radius 3 is 3.07 bits per heavy atom. The lowest BCUT2D eigenvalue weighted by molar-refractivity contribution is 1.07. The first-order valence-electron chi connectivity index (χ1n) is 5.12. The van der Waals surface area contributed by atoms with E-state index in [9.17, 15) is 0 Å². The summed E-state index contributed by atoms with van der Waals surface area (Å²) in [6, 6.07) is 8.68. The molecule has 0 aliphatic heterocycles. The van der Waals surface area contributed by atoms with Gasteiger partial charge in [-0.3, -0.25) is 0 Å². The van der Waals surface area contributed by atoms with Crippen LogP contribution in [0.4, 0.5) is 0 Å². The second-order valence-corrected chi connectivity index (χ2v) is 3.90. The summed E-state index contributed by atoms with van der Waals surface area (Å²) in [5, 5.41) is 8.70. The number of hydrogen-bond acceptors (Lipinski definition) is 1. The fourth-order valence-electron chi connectivity index (χ4n) is 1.86. The molecule has 74 valence electrons. The van der Waals surface area contributed by atoms with Crippen molar-refractivity contribution in [2.75, 3.05) is 0 Å². The lowest BCUT2D eigenvalue weighted by atomic mass is 9.98. The first kappa shape index (κ1) is 9.73. The predicted molar refractivity (Wildman–Crippen MR) is 62.2 cm³/mol. The van der Waals surface area contributed by atoms with Crippen LogP contribution in [0.3, 0.4) is 0 Å². The zero-order chi connectivity index (χ0) is 10.7. The van der Waals surface area contributed by atoms with E-state index in [0.717, 1.165) is 6.42 Å². The molecular formula is C14H13N. The average Bonchev–Trinajstić information content (AvgIpc) is 2.39. The number of fused-ring (bicyclic) bond motifs is 1. The molecule has 1 aromatic rings. The van der Waals surface area contributed by atoms with Gasteiger partial charge < -0.3 is 0 Å². The molecule has 1 nitrogen and oxygen atoms in total. The van der Waals surface area contributed by atoms with Gasteiger partial charge in [0.05, 0.1) is 12.5 Å². The van der Waals surface area contributed by atoms with E-state index in [0.29, 0.717) is 6.42 Å². The van der Waals surface area contributed by atoms with Crippen molar-refractivity contribution in [3.63, 3.8) is 0 Å². The molecule has 0 unspecified atom stereocenters. The van der Waals surface area contributed by atoms with E-state index >= 15 is 0 Å². The van der Waals surface area contributed by atoms with Crippen molar-refractivity contribution in [3.8, 4) is 6.07 Å². The second kappa shape index (κ2) is 4.14. The molecule has 15 heavy (non-hydrogen) atoms. The van der Waals surface area contributed by atoms with Gasteiger partial charge in [-0.15, -0.1) is 0 Å². The van der Waals surface area contributed by atoms with Gasteiger partial charge in [0.2, 0.25) is 0 Å². The Morgan fingerprint density at radius 1 is 1.40 bits per heavy atom. The zero-order valence-electron chi connectivity index (χ0n) is 8.83. The fraction of sp³-hybridized carbons (Fsp3) is 0.214. The molecule has 0 amide bonds. The summed E-state index contributed by atoms with van der Waals surface area (Å²) in [4.78, 5) is 0. The van der Waals surface area contributed by atoms with Crippen molar-refractivity contribution in [1.82, 2.24) is 0 Å². The Labute approximate surface area is 90.4 Å². The van der Waals surface area contributed by atoms with E-state index in [4.69, 9.17) is 5.26 Å². The average molecular weight is 195 g/mol. The van der Waals surface area contributed by atoms with Crippen molar-refractivity contribution in [1.29, 1.82) is 5.26 Å². The van der Waals surface area contributed by atoms with Gasteiger partial charge in [-0.05, 0) is 24.5 Å². The van der Waals surface area contributed by atoms with Crippen LogP contribution < -0.4 is 0 Å². The third kappa shape index (κ3) is 2.16. The van der Waals surface area contributed by atoms with E-state index in [2.05, 4.69) is 43.3 Å². The Balaban J connectivity index is 2.37. The van der Waals surface area contributed by atoms with Gasteiger partial charge in [0.1, 0.15) is 0 Å². The molecule has 1 aromatic carbocycles. The number of aryl methyl sites for hydroxylation is 1. The number of nitriles is 1. The number of benzene rings is 1. The quantitative estimate of drug-likeness (QED) is 0.673. The minimum absolute atomic E-state index is 0.526. The summed E-state index contributed by atoms with van der Waals surface area (Å²) < 4.78 is 0. The molecule has 1 aliphatic rings. The number of allylic oxidation sites excluding steroid dienone is 3. The predicted octanol–water partition coefficient (Wildman–Crippen LogP) is 3.40. The summed E-state index contributed by atoms with van der Waals surface area (Å²) in [7, 11) is 0. The van der Waals surface area contributed by atoms with Crippen LogP contribution in [0.2, 0.25) is 0 Å². The highest BCUT2D eigenvalue weighted by atomic mass is 14.2. The normalized spacial score (nSPS) is 13.7. The van der Waals surface area contributed by atoms with Gasteiger partial charge in [0.15, 0.2) is 0 Å². The first-order chi connectivity index (χ1) is 7.29. The maximum Gasteiger partial charge on any atom is 0.0666 e. The van der Waals surface area contributed by atoms with Crippen molar-refractivity contribution < 1.29 is 0 Å². The summed E-state index contributed by atoms with van der Waals surface area (Å²) in [6.07, 6.45) is 7.63. The molecule has 0 aromatic heterocycles. The minimum Gasteiger partial charge on any atom is -0.198 e. The van der Waals surface area contributed by atoms with Crippen LogP contribution in [0.25, 0.3) is 6.08 Å². The standard InChI is InChI=1S/C14H13N/c1-11-5-6-13-4-2-3-12(7-8-15)10-14(13)9-11/h2-6,9H,7,10H2,1H3. The van der Waals surface area contributed by atoms with E-state index in [-0.39, 0.29) is 0 Å². The molecule has 0 bridgehead atoms. The Morgan fingerprint density at radius 2 is 2.27 bits per heavy atom. The third-order valence-electron chi connectivity index (χ3n) is 2.63. The van der Waals surface area contributed by atoms with Gasteiger partial charge in [0, 0.05) is 0 Å². The highest BCUT2D eigenvalue weighted by molar-refractivity contribution is 5.59. The molecule has 1 heteroatoms. The molecule has 0 radical (unpaired) electrons. The van der Waals surface area contributed by atoms with Crippen LogP contribution in [0, 0.1) is 18.3 Å². The Hall–Kier alpha value is -1.81. The van der Waals surface area contributed by atoms with Crippen LogP contribution in [0.5, 0.6) is 0 Å². The van der Waals surface area contributed by atoms with Crippen LogP contribution in [-0.4, -0.2) is 0 Å². The largest absolute Gasteiger partial charge is 0.198 e. The molecule has 0 fully saturated rings. The van der Waals surface area contributed by atoms with E-state index < -0.39 is 0 Å². The molecule has 0 spiro atoms. The van der Waals surface area contributed by atoms with Crippen molar-refractivity contribution in [3.05, 3.63) is 52.6 Å². The molecule has 1 aliphatic carbocycles. The lowest BCUT2D eigenvalue weighted by Gasteiger charge is -2.06. The monoisotopic (exact) mass is 195 g/mol. The second-order valence-electron chi connectivity index (χ2n) is 3.90.